The van der Waals surface area contributed by atoms with Crippen LogP contribution in [0.1, 0.15) is 25.3 Å². The Hall–Kier alpha value is -1.84. The van der Waals surface area contributed by atoms with Crippen LogP contribution in [0.25, 0.3) is 0 Å². The number of nitro groups is 1. The lowest BCUT2D eigenvalue weighted by Crippen LogP contribution is -2.29. The molecule has 0 aliphatic carbocycles. The number of allylic oxidation sites excluding steroid dienone is 1. The van der Waals surface area contributed by atoms with E-state index >= 15 is 0 Å². The number of benzene rings is 1. The molecule has 0 radical (unpaired) electrons. The second kappa shape index (κ2) is 4.20. The van der Waals surface area contributed by atoms with Crippen LogP contribution in [-0.4, -0.2) is 10.5 Å². The second-order valence-electron chi connectivity index (χ2n) is 4.61. The minimum atomic E-state index is -0.375. The van der Waals surface area contributed by atoms with Gasteiger partial charge in [0.05, 0.1) is 4.92 Å². The predicted molar refractivity (Wildman–Crippen MR) is 65.3 cm³/mol. The van der Waals surface area contributed by atoms with Crippen molar-refractivity contribution in [2.45, 2.75) is 31.8 Å². The first-order chi connectivity index (χ1) is 8.04. The van der Waals surface area contributed by atoms with Crippen LogP contribution < -0.4 is 4.74 Å². The van der Waals surface area contributed by atoms with Gasteiger partial charge in [0.2, 0.25) is 0 Å². The van der Waals surface area contributed by atoms with Crippen molar-refractivity contribution in [3.05, 3.63) is 46.5 Å². The number of rotatable bonds is 4. The molecule has 0 bridgehead atoms. The van der Waals surface area contributed by atoms with Crippen LogP contribution >= 0.6 is 0 Å². The summed E-state index contributed by atoms with van der Waals surface area (Å²) in [6.45, 7) is 5.72. The number of non-ortho nitro benzene ring substituents is 1. The summed E-state index contributed by atoms with van der Waals surface area (Å²) < 4.78 is 5.86. The fourth-order valence-corrected chi connectivity index (χ4v) is 2.17. The molecule has 0 saturated carbocycles. The first-order valence-electron chi connectivity index (χ1n) is 5.61. The van der Waals surface area contributed by atoms with E-state index in [-0.39, 0.29) is 16.2 Å². The molecule has 90 valence electrons. The summed E-state index contributed by atoms with van der Waals surface area (Å²) in [4.78, 5) is 10.3. The van der Waals surface area contributed by atoms with Gasteiger partial charge in [-0.25, -0.2) is 0 Å². The topological polar surface area (TPSA) is 52.4 Å². The maximum absolute atomic E-state index is 10.7. The highest BCUT2D eigenvalue weighted by Gasteiger charge is 2.34. The number of fused-ring (bicyclic) bond motifs is 1. The van der Waals surface area contributed by atoms with E-state index in [2.05, 4.69) is 6.58 Å². The Morgan fingerprint density at radius 3 is 3.06 bits per heavy atom. The van der Waals surface area contributed by atoms with E-state index in [1.54, 1.807) is 12.1 Å². The van der Waals surface area contributed by atoms with Crippen molar-refractivity contribution in [2.24, 2.45) is 0 Å². The average molecular weight is 233 g/mol. The van der Waals surface area contributed by atoms with Gasteiger partial charge in [0.1, 0.15) is 11.4 Å². The molecule has 0 spiro atoms. The molecule has 0 saturated heterocycles. The largest absolute Gasteiger partial charge is 0.487 e. The van der Waals surface area contributed by atoms with Crippen molar-refractivity contribution in [3.8, 4) is 5.75 Å². The van der Waals surface area contributed by atoms with Gasteiger partial charge < -0.3 is 4.74 Å². The van der Waals surface area contributed by atoms with E-state index in [4.69, 9.17) is 4.74 Å². The molecule has 1 aromatic carbocycles. The summed E-state index contributed by atoms with van der Waals surface area (Å²) in [5.41, 5.74) is 0.789. The maximum atomic E-state index is 10.7. The molecule has 0 N–H and O–H groups in total. The van der Waals surface area contributed by atoms with Crippen molar-refractivity contribution in [1.82, 2.24) is 0 Å². The van der Waals surface area contributed by atoms with Crippen molar-refractivity contribution >= 4 is 5.69 Å². The summed E-state index contributed by atoms with van der Waals surface area (Å²) in [6.07, 6.45) is 4.34. The molecule has 0 aromatic heterocycles. The SMILES string of the molecule is C=CCCC1(C)Cc2cc([N+](=O)[O-])ccc2O1. The summed E-state index contributed by atoms with van der Waals surface area (Å²) in [6, 6.07) is 4.78. The van der Waals surface area contributed by atoms with E-state index in [0.717, 1.165) is 30.6 Å². The highest BCUT2D eigenvalue weighted by atomic mass is 16.6. The molecule has 1 aromatic rings. The normalized spacial score (nSPS) is 21.7. The van der Waals surface area contributed by atoms with Crippen LogP contribution in [0, 0.1) is 10.1 Å². The summed E-state index contributed by atoms with van der Waals surface area (Å²) in [5, 5.41) is 10.7. The molecule has 17 heavy (non-hydrogen) atoms. The fourth-order valence-electron chi connectivity index (χ4n) is 2.17. The van der Waals surface area contributed by atoms with Crippen LogP contribution in [0.3, 0.4) is 0 Å². The van der Waals surface area contributed by atoms with Gasteiger partial charge in [-0.1, -0.05) is 6.08 Å². The van der Waals surface area contributed by atoms with Gasteiger partial charge in [0.15, 0.2) is 0 Å². The number of hydrogen-bond acceptors (Lipinski definition) is 3. The molecule has 1 aliphatic heterocycles. The van der Waals surface area contributed by atoms with Crippen LogP contribution in [0.4, 0.5) is 5.69 Å². The quantitative estimate of drug-likeness (QED) is 0.455. The van der Waals surface area contributed by atoms with E-state index in [1.807, 2.05) is 13.0 Å². The lowest BCUT2D eigenvalue weighted by Gasteiger charge is -2.23. The predicted octanol–water partition coefficient (Wildman–Crippen LogP) is 3.25. The molecule has 1 aliphatic rings. The molecule has 4 heteroatoms. The van der Waals surface area contributed by atoms with Gasteiger partial charge in [-0.15, -0.1) is 6.58 Å². The van der Waals surface area contributed by atoms with Gasteiger partial charge >= 0.3 is 0 Å². The molecule has 2 rings (SSSR count). The molecular formula is C13H15NO3. The van der Waals surface area contributed by atoms with E-state index < -0.39 is 0 Å². The molecule has 0 fully saturated rings. The van der Waals surface area contributed by atoms with Gasteiger partial charge in [-0.3, -0.25) is 10.1 Å². The molecule has 0 amide bonds. The number of nitro benzene ring substituents is 1. The van der Waals surface area contributed by atoms with E-state index in [0.29, 0.717) is 0 Å². The van der Waals surface area contributed by atoms with E-state index in [1.165, 1.54) is 6.07 Å². The lowest BCUT2D eigenvalue weighted by atomic mass is 9.94. The Morgan fingerprint density at radius 2 is 2.41 bits per heavy atom. The number of hydrogen-bond donors (Lipinski definition) is 0. The Morgan fingerprint density at radius 1 is 1.65 bits per heavy atom. The Balaban J connectivity index is 2.21. The van der Waals surface area contributed by atoms with Crippen molar-refractivity contribution in [3.63, 3.8) is 0 Å². The molecule has 1 unspecified atom stereocenters. The minimum Gasteiger partial charge on any atom is -0.487 e. The fraction of sp³-hybridized carbons (Fsp3) is 0.385. The van der Waals surface area contributed by atoms with Crippen LogP contribution in [0.15, 0.2) is 30.9 Å². The van der Waals surface area contributed by atoms with Crippen LogP contribution in [0.2, 0.25) is 0 Å². The monoisotopic (exact) mass is 233 g/mol. The highest BCUT2D eigenvalue weighted by molar-refractivity contribution is 5.47. The smallest absolute Gasteiger partial charge is 0.269 e. The van der Waals surface area contributed by atoms with Crippen LogP contribution in [-0.2, 0) is 6.42 Å². The van der Waals surface area contributed by atoms with Gasteiger partial charge in [-0.2, -0.15) is 0 Å². The third-order valence-corrected chi connectivity index (χ3v) is 3.05. The third-order valence-electron chi connectivity index (χ3n) is 3.05. The van der Waals surface area contributed by atoms with Crippen molar-refractivity contribution < 1.29 is 9.66 Å². The van der Waals surface area contributed by atoms with Gasteiger partial charge in [-0.05, 0) is 25.8 Å². The number of nitrogens with zero attached hydrogens (tertiary/aromatic N) is 1. The summed E-state index contributed by atoms with van der Waals surface area (Å²) >= 11 is 0. The van der Waals surface area contributed by atoms with Gasteiger partial charge in [0, 0.05) is 24.1 Å². The molecular weight excluding hydrogens is 218 g/mol. The third kappa shape index (κ3) is 2.30. The Kier molecular flexibility index (Phi) is 2.88. The standard InChI is InChI=1S/C13H15NO3/c1-3-4-7-13(2)9-10-8-11(14(15)16)5-6-12(10)17-13/h3,5-6,8H,1,4,7,9H2,2H3. The first-order valence-corrected chi connectivity index (χ1v) is 5.61. The highest BCUT2D eigenvalue weighted by Crippen LogP contribution is 2.39. The molecule has 1 heterocycles. The zero-order valence-corrected chi connectivity index (χ0v) is 9.81. The van der Waals surface area contributed by atoms with Crippen molar-refractivity contribution in [1.29, 1.82) is 0 Å². The average Bonchev–Trinajstić information content (AvgIpc) is 2.62. The summed E-state index contributed by atoms with van der Waals surface area (Å²) in [7, 11) is 0. The Bertz CT molecular complexity index is 470. The first kappa shape index (κ1) is 11.6. The summed E-state index contributed by atoms with van der Waals surface area (Å²) in [5.74, 6) is 0.766. The van der Waals surface area contributed by atoms with Crippen molar-refractivity contribution in [2.75, 3.05) is 0 Å². The zero-order chi connectivity index (χ0) is 12.5. The lowest BCUT2D eigenvalue weighted by molar-refractivity contribution is -0.384. The zero-order valence-electron chi connectivity index (χ0n) is 9.81. The maximum Gasteiger partial charge on any atom is 0.269 e. The van der Waals surface area contributed by atoms with Gasteiger partial charge in [0.25, 0.3) is 5.69 Å². The second-order valence-corrected chi connectivity index (χ2v) is 4.61. The van der Waals surface area contributed by atoms with E-state index in [9.17, 15) is 10.1 Å². The van der Waals surface area contributed by atoms with Crippen LogP contribution in [0.5, 0.6) is 5.75 Å². The molecule has 4 nitrogen and oxygen atoms in total. The molecule has 1 atom stereocenters. The number of ether oxygens (including phenoxy) is 1. The minimum absolute atomic E-state index is 0.125. The Labute approximate surface area is 100 Å².